The number of benzene rings is 1. The number of hydrogen-bond acceptors (Lipinski definition) is 6. The molecule has 1 fully saturated rings. The molecule has 0 atom stereocenters. The minimum absolute atomic E-state index is 0.00126. The number of aryl methyl sites for hydroxylation is 1. The Morgan fingerprint density at radius 1 is 1.19 bits per heavy atom. The zero-order valence-electron chi connectivity index (χ0n) is 15.4. The zero-order chi connectivity index (χ0) is 18.5. The maximum absolute atomic E-state index is 12.7. The van der Waals surface area contributed by atoms with Crippen molar-refractivity contribution >= 4 is 17.5 Å². The van der Waals surface area contributed by atoms with Gasteiger partial charge in [-0.3, -0.25) is 4.79 Å². The standard InChI is InChI=1S/C19H24N4O3/c1-13-6-9-20-19(21-13)23-10-7-14(8-11-23)18(24)22-16-12-15(25-2)4-5-17(16)26-3/h4-6,9,12,14H,7-8,10-11H2,1-3H3,(H,22,24). The highest BCUT2D eigenvalue weighted by molar-refractivity contribution is 5.94. The van der Waals surface area contributed by atoms with E-state index in [4.69, 9.17) is 9.47 Å². The number of piperidine rings is 1. The molecule has 138 valence electrons. The Bertz CT molecular complexity index is 773. The molecule has 0 aliphatic carbocycles. The molecule has 1 aliphatic heterocycles. The summed E-state index contributed by atoms with van der Waals surface area (Å²) in [7, 11) is 3.17. The van der Waals surface area contributed by atoms with Crippen LogP contribution in [-0.2, 0) is 4.79 Å². The molecule has 7 nitrogen and oxygen atoms in total. The summed E-state index contributed by atoms with van der Waals surface area (Å²) in [5.41, 5.74) is 1.57. The molecule has 1 aromatic heterocycles. The fraction of sp³-hybridized carbons (Fsp3) is 0.421. The molecule has 2 heterocycles. The van der Waals surface area contributed by atoms with Gasteiger partial charge in [-0.1, -0.05) is 0 Å². The van der Waals surface area contributed by atoms with Gasteiger partial charge in [0.2, 0.25) is 11.9 Å². The van der Waals surface area contributed by atoms with Gasteiger partial charge in [0.25, 0.3) is 0 Å². The Hall–Kier alpha value is -2.83. The van der Waals surface area contributed by atoms with Crippen LogP contribution >= 0.6 is 0 Å². The van der Waals surface area contributed by atoms with Crippen molar-refractivity contribution in [1.82, 2.24) is 9.97 Å². The molecule has 2 aromatic rings. The summed E-state index contributed by atoms with van der Waals surface area (Å²) in [5, 5.41) is 2.98. The number of rotatable bonds is 5. The van der Waals surface area contributed by atoms with E-state index in [0.717, 1.165) is 37.6 Å². The molecule has 0 radical (unpaired) electrons. The van der Waals surface area contributed by atoms with E-state index < -0.39 is 0 Å². The molecular formula is C19H24N4O3. The molecule has 1 amide bonds. The van der Waals surface area contributed by atoms with Crippen LogP contribution < -0.4 is 19.7 Å². The first-order valence-corrected chi connectivity index (χ1v) is 8.68. The molecule has 1 aliphatic rings. The fourth-order valence-electron chi connectivity index (χ4n) is 3.08. The maximum Gasteiger partial charge on any atom is 0.227 e. The third kappa shape index (κ3) is 4.04. The maximum atomic E-state index is 12.7. The van der Waals surface area contributed by atoms with Gasteiger partial charge in [0.1, 0.15) is 11.5 Å². The van der Waals surface area contributed by atoms with Crippen LogP contribution in [0.3, 0.4) is 0 Å². The van der Waals surface area contributed by atoms with Crippen LogP contribution in [0.5, 0.6) is 11.5 Å². The van der Waals surface area contributed by atoms with Gasteiger partial charge in [-0.25, -0.2) is 9.97 Å². The number of aromatic nitrogens is 2. The highest BCUT2D eigenvalue weighted by Crippen LogP contribution is 2.30. The van der Waals surface area contributed by atoms with Gasteiger partial charge in [-0.05, 0) is 38.0 Å². The Morgan fingerprint density at radius 2 is 1.96 bits per heavy atom. The molecule has 1 saturated heterocycles. The molecule has 3 rings (SSSR count). The second-order valence-electron chi connectivity index (χ2n) is 6.31. The van der Waals surface area contributed by atoms with Crippen LogP contribution in [0.25, 0.3) is 0 Å². The summed E-state index contributed by atoms with van der Waals surface area (Å²) < 4.78 is 10.6. The van der Waals surface area contributed by atoms with Crippen molar-refractivity contribution in [3.63, 3.8) is 0 Å². The summed E-state index contributed by atoms with van der Waals surface area (Å²) in [6.45, 7) is 3.47. The number of methoxy groups -OCH3 is 2. The number of amides is 1. The summed E-state index contributed by atoms with van der Waals surface area (Å²) in [5.74, 6) is 1.98. The molecule has 0 spiro atoms. The SMILES string of the molecule is COc1ccc(OC)c(NC(=O)C2CCN(c3nccc(C)n3)CC2)c1. The number of carbonyl (C=O) groups excluding carboxylic acids is 1. The number of nitrogens with zero attached hydrogens (tertiary/aromatic N) is 3. The monoisotopic (exact) mass is 356 g/mol. The van der Waals surface area contributed by atoms with Gasteiger partial charge in [0.15, 0.2) is 0 Å². The molecule has 7 heteroatoms. The number of nitrogens with one attached hydrogen (secondary N) is 1. The van der Waals surface area contributed by atoms with E-state index in [1.165, 1.54) is 0 Å². The largest absolute Gasteiger partial charge is 0.497 e. The number of hydrogen-bond donors (Lipinski definition) is 1. The number of anilines is 2. The molecule has 0 bridgehead atoms. The van der Waals surface area contributed by atoms with Gasteiger partial charge in [-0.2, -0.15) is 0 Å². The highest BCUT2D eigenvalue weighted by Gasteiger charge is 2.26. The van der Waals surface area contributed by atoms with E-state index in [2.05, 4.69) is 20.2 Å². The Morgan fingerprint density at radius 3 is 2.62 bits per heavy atom. The second kappa shape index (κ2) is 8.03. The van der Waals surface area contributed by atoms with Gasteiger partial charge in [0, 0.05) is 37.0 Å². The average Bonchev–Trinajstić information content (AvgIpc) is 2.68. The van der Waals surface area contributed by atoms with E-state index in [9.17, 15) is 4.79 Å². The number of ether oxygens (including phenoxy) is 2. The van der Waals surface area contributed by atoms with Gasteiger partial charge in [0.05, 0.1) is 19.9 Å². The fourth-order valence-corrected chi connectivity index (χ4v) is 3.08. The van der Waals surface area contributed by atoms with Crippen molar-refractivity contribution in [3.05, 3.63) is 36.2 Å². The normalized spacial score (nSPS) is 14.8. The van der Waals surface area contributed by atoms with Crippen LogP contribution in [0.4, 0.5) is 11.6 Å². The summed E-state index contributed by atoms with van der Waals surface area (Å²) in [4.78, 5) is 23.6. The van der Waals surface area contributed by atoms with Crippen molar-refractivity contribution in [2.45, 2.75) is 19.8 Å². The van der Waals surface area contributed by atoms with Gasteiger partial charge >= 0.3 is 0 Å². The zero-order valence-corrected chi connectivity index (χ0v) is 15.4. The summed E-state index contributed by atoms with van der Waals surface area (Å²) in [6, 6.07) is 7.23. The molecular weight excluding hydrogens is 332 g/mol. The molecule has 1 N–H and O–H groups in total. The van der Waals surface area contributed by atoms with E-state index >= 15 is 0 Å². The Balaban J connectivity index is 1.62. The quantitative estimate of drug-likeness (QED) is 0.888. The summed E-state index contributed by atoms with van der Waals surface area (Å²) in [6.07, 6.45) is 3.29. The van der Waals surface area contributed by atoms with Crippen molar-refractivity contribution in [1.29, 1.82) is 0 Å². The first-order valence-electron chi connectivity index (χ1n) is 8.68. The molecule has 0 unspecified atom stereocenters. The third-order valence-corrected chi connectivity index (χ3v) is 4.60. The van der Waals surface area contributed by atoms with Crippen LogP contribution in [0, 0.1) is 12.8 Å². The van der Waals surface area contributed by atoms with Gasteiger partial charge < -0.3 is 19.7 Å². The van der Waals surface area contributed by atoms with E-state index in [1.807, 2.05) is 13.0 Å². The first kappa shape index (κ1) is 18.0. The minimum atomic E-state index is -0.0491. The van der Waals surface area contributed by atoms with Crippen LogP contribution in [-0.4, -0.2) is 43.2 Å². The first-order chi connectivity index (χ1) is 12.6. The second-order valence-corrected chi connectivity index (χ2v) is 6.31. The topological polar surface area (TPSA) is 76.6 Å². The van der Waals surface area contributed by atoms with E-state index in [-0.39, 0.29) is 11.8 Å². The lowest BCUT2D eigenvalue weighted by Gasteiger charge is -2.31. The van der Waals surface area contributed by atoms with Crippen molar-refractivity contribution in [2.75, 3.05) is 37.5 Å². The van der Waals surface area contributed by atoms with Crippen LogP contribution in [0.15, 0.2) is 30.5 Å². The lowest BCUT2D eigenvalue weighted by atomic mass is 9.96. The van der Waals surface area contributed by atoms with E-state index in [1.54, 1.807) is 38.6 Å². The van der Waals surface area contributed by atoms with Crippen molar-refractivity contribution in [3.8, 4) is 11.5 Å². The summed E-state index contributed by atoms with van der Waals surface area (Å²) >= 11 is 0. The lowest BCUT2D eigenvalue weighted by molar-refractivity contribution is -0.120. The number of carbonyl (C=O) groups is 1. The predicted octanol–water partition coefficient (Wildman–Crippen LogP) is 2.66. The third-order valence-electron chi connectivity index (χ3n) is 4.60. The average molecular weight is 356 g/mol. The highest BCUT2D eigenvalue weighted by atomic mass is 16.5. The van der Waals surface area contributed by atoms with Crippen LogP contribution in [0.2, 0.25) is 0 Å². The lowest BCUT2D eigenvalue weighted by Crippen LogP contribution is -2.39. The van der Waals surface area contributed by atoms with Gasteiger partial charge in [-0.15, -0.1) is 0 Å². The van der Waals surface area contributed by atoms with Crippen LogP contribution in [0.1, 0.15) is 18.5 Å². The van der Waals surface area contributed by atoms with E-state index in [0.29, 0.717) is 17.2 Å². The molecule has 0 saturated carbocycles. The molecule has 26 heavy (non-hydrogen) atoms. The minimum Gasteiger partial charge on any atom is -0.497 e. The van der Waals surface area contributed by atoms with Crippen molar-refractivity contribution in [2.24, 2.45) is 5.92 Å². The van der Waals surface area contributed by atoms with Crippen molar-refractivity contribution < 1.29 is 14.3 Å². The molecule has 1 aromatic carbocycles. The smallest absolute Gasteiger partial charge is 0.227 e. The Kier molecular flexibility index (Phi) is 5.55. The Labute approximate surface area is 153 Å². The predicted molar refractivity (Wildman–Crippen MR) is 99.9 cm³/mol.